The summed E-state index contributed by atoms with van der Waals surface area (Å²) in [6.07, 6.45) is 4.08. The Morgan fingerprint density at radius 2 is 1.92 bits per heavy atom. The first-order valence-electron chi connectivity index (χ1n) is 8.17. The average molecular weight is 328 g/mol. The Morgan fingerprint density at radius 1 is 1.04 bits per heavy atom. The summed E-state index contributed by atoms with van der Waals surface area (Å²) in [6.45, 7) is 2.58. The van der Waals surface area contributed by atoms with Crippen LogP contribution in [0.3, 0.4) is 0 Å². The lowest BCUT2D eigenvalue weighted by molar-refractivity contribution is 0.120. The second-order valence-electron chi connectivity index (χ2n) is 5.85. The van der Waals surface area contributed by atoms with Crippen LogP contribution in [0.25, 0.3) is 0 Å². The fourth-order valence-corrected chi connectivity index (χ4v) is 2.82. The molecule has 126 valence electrons. The number of anilines is 2. The number of rotatable bonds is 6. The number of benzene rings is 1. The molecule has 1 atom stereocenters. The van der Waals surface area contributed by atoms with Crippen LogP contribution < -0.4 is 20.1 Å². The topological polar surface area (TPSA) is 77.5 Å². The number of nitrogens with zero attached hydrogens (tertiary/aromatic N) is 2. The minimum atomic E-state index is 0.282. The molecule has 1 aromatic heterocycles. The van der Waals surface area contributed by atoms with Crippen molar-refractivity contribution in [3.63, 3.8) is 0 Å². The largest absolute Gasteiger partial charge is 0.454 e. The van der Waals surface area contributed by atoms with E-state index in [0.29, 0.717) is 6.54 Å². The van der Waals surface area contributed by atoms with Crippen molar-refractivity contribution < 1.29 is 14.2 Å². The zero-order chi connectivity index (χ0) is 16.2. The van der Waals surface area contributed by atoms with E-state index >= 15 is 0 Å². The van der Waals surface area contributed by atoms with Crippen LogP contribution in [0.2, 0.25) is 0 Å². The molecule has 2 aromatic rings. The summed E-state index contributed by atoms with van der Waals surface area (Å²) >= 11 is 0. The molecular weight excluding hydrogens is 308 g/mol. The van der Waals surface area contributed by atoms with Gasteiger partial charge in [0.1, 0.15) is 18.0 Å². The predicted molar refractivity (Wildman–Crippen MR) is 89.4 cm³/mol. The van der Waals surface area contributed by atoms with Crippen molar-refractivity contribution in [3.05, 3.63) is 36.2 Å². The van der Waals surface area contributed by atoms with Gasteiger partial charge in [0.05, 0.1) is 6.10 Å². The van der Waals surface area contributed by atoms with E-state index in [4.69, 9.17) is 14.2 Å². The van der Waals surface area contributed by atoms with Gasteiger partial charge in [0, 0.05) is 25.8 Å². The van der Waals surface area contributed by atoms with E-state index < -0.39 is 0 Å². The van der Waals surface area contributed by atoms with E-state index in [-0.39, 0.29) is 12.9 Å². The maximum atomic E-state index is 5.60. The zero-order valence-corrected chi connectivity index (χ0v) is 13.3. The Morgan fingerprint density at radius 3 is 2.79 bits per heavy atom. The summed E-state index contributed by atoms with van der Waals surface area (Å²) in [6, 6.07) is 7.82. The Kier molecular flexibility index (Phi) is 4.33. The third-order valence-electron chi connectivity index (χ3n) is 4.11. The standard InChI is InChI=1S/C17H20N4O3/c1-2-13(22-5-1)9-19-17-7-16(20-10-21-17)18-8-12-3-4-14-15(6-12)24-11-23-14/h3-4,6-7,10,13H,1-2,5,8-9,11H2,(H2,18,19,20,21). The van der Waals surface area contributed by atoms with Crippen molar-refractivity contribution in [1.29, 1.82) is 0 Å². The molecule has 0 aliphatic carbocycles. The van der Waals surface area contributed by atoms with Crippen LogP contribution in [0.5, 0.6) is 11.5 Å². The second-order valence-corrected chi connectivity index (χ2v) is 5.85. The molecule has 2 aliphatic heterocycles. The second kappa shape index (κ2) is 6.92. The van der Waals surface area contributed by atoms with Crippen molar-refractivity contribution in [2.45, 2.75) is 25.5 Å². The van der Waals surface area contributed by atoms with Gasteiger partial charge >= 0.3 is 0 Å². The third-order valence-corrected chi connectivity index (χ3v) is 4.11. The Labute approximate surface area is 140 Å². The minimum Gasteiger partial charge on any atom is -0.454 e. The molecule has 7 heteroatoms. The quantitative estimate of drug-likeness (QED) is 0.843. The molecule has 24 heavy (non-hydrogen) atoms. The fraction of sp³-hybridized carbons (Fsp3) is 0.412. The molecule has 1 unspecified atom stereocenters. The summed E-state index contributed by atoms with van der Waals surface area (Å²) in [5.74, 6) is 3.16. The predicted octanol–water partition coefficient (Wildman–Crippen LogP) is 2.41. The Bertz CT molecular complexity index is 704. The highest BCUT2D eigenvalue weighted by Gasteiger charge is 2.15. The van der Waals surface area contributed by atoms with E-state index in [2.05, 4.69) is 20.6 Å². The highest BCUT2D eigenvalue weighted by Crippen LogP contribution is 2.32. The molecule has 4 rings (SSSR count). The number of nitrogens with one attached hydrogen (secondary N) is 2. The Hall–Kier alpha value is -2.54. The molecule has 0 radical (unpaired) electrons. The maximum Gasteiger partial charge on any atom is 0.231 e. The van der Waals surface area contributed by atoms with E-state index in [9.17, 15) is 0 Å². The van der Waals surface area contributed by atoms with Crippen LogP contribution in [0.4, 0.5) is 11.6 Å². The van der Waals surface area contributed by atoms with Crippen molar-refractivity contribution in [3.8, 4) is 11.5 Å². The lowest BCUT2D eigenvalue weighted by Crippen LogP contribution is -2.19. The van der Waals surface area contributed by atoms with Gasteiger partial charge in [-0.1, -0.05) is 6.07 Å². The van der Waals surface area contributed by atoms with E-state index in [1.165, 1.54) is 0 Å². The van der Waals surface area contributed by atoms with Gasteiger partial charge < -0.3 is 24.8 Å². The highest BCUT2D eigenvalue weighted by atomic mass is 16.7. The van der Waals surface area contributed by atoms with Gasteiger partial charge in [0.25, 0.3) is 0 Å². The van der Waals surface area contributed by atoms with Crippen molar-refractivity contribution in [1.82, 2.24) is 9.97 Å². The molecule has 0 spiro atoms. The SMILES string of the molecule is c1nc(NCc2ccc3c(c2)OCO3)cc(NCC2CCCO2)n1. The molecule has 0 amide bonds. The molecule has 2 aliphatic rings. The summed E-state index contributed by atoms with van der Waals surface area (Å²) in [5, 5.41) is 6.61. The molecular formula is C17H20N4O3. The molecule has 0 saturated carbocycles. The van der Waals surface area contributed by atoms with Gasteiger partial charge in [0.15, 0.2) is 11.5 Å². The summed E-state index contributed by atoms with van der Waals surface area (Å²) in [4.78, 5) is 8.51. The molecule has 7 nitrogen and oxygen atoms in total. The summed E-state index contributed by atoms with van der Waals surface area (Å²) in [7, 11) is 0. The van der Waals surface area contributed by atoms with Crippen LogP contribution in [-0.4, -0.2) is 36.0 Å². The first-order valence-corrected chi connectivity index (χ1v) is 8.17. The smallest absolute Gasteiger partial charge is 0.231 e. The summed E-state index contributed by atoms with van der Waals surface area (Å²) < 4.78 is 16.3. The minimum absolute atomic E-state index is 0.282. The highest BCUT2D eigenvalue weighted by molar-refractivity contribution is 5.48. The number of fused-ring (bicyclic) bond motifs is 1. The van der Waals surface area contributed by atoms with Crippen LogP contribution in [0.1, 0.15) is 18.4 Å². The van der Waals surface area contributed by atoms with Crippen LogP contribution in [-0.2, 0) is 11.3 Å². The van der Waals surface area contributed by atoms with E-state index in [1.54, 1.807) is 6.33 Å². The first-order chi connectivity index (χ1) is 11.9. The molecule has 0 bridgehead atoms. The van der Waals surface area contributed by atoms with Crippen LogP contribution in [0.15, 0.2) is 30.6 Å². The van der Waals surface area contributed by atoms with Crippen LogP contribution >= 0.6 is 0 Å². The fourth-order valence-electron chi connectivity index (χ4n) is 2.82. The van der Waals surface area contributed by atoms with Gasteiger partial charge in [-0.2, -0.15) is 0 Å². The molecule has 1 fully saturated rings. The van der Waals surface area contributed by atoms with Gasteiger partial charge in [-0.05, 0) is 30.5 Å². The normalized spacial score (nSPS) is 18.6. The monoisotopic (exact) mass is 328 g/mol. The van der Waals surface area contributed by atoms with Gasteiger partial charge in [-0.15, -0.1) is 0 Å². The number of hydrogen-bond acceptors (Lipinski definition) is 7. The van der Waals surface area contributed by atoms with Crippen molar-refractivity contribution in [2.24, 2.45) is 0 Å². The summed E-state index contributed by atoms with van der Waals surface area (Å²) in [5.41, 5.74) is 1.10. The maximum absolute atomic E-state index is 5.60. The lowest BCUT2D eigenvalue weighted by atomic mass is 10.2. The molecule has 3 heterocycles. The van der Waals surface area contributed by atoms with E-state index in [0.717, 1.165) is 54.7 Å². The third kappa shape index (κ3) is 3.51. The zero-order valence-electron chi connectivity index (χ0n) is 13.3. The number of aromatic nitrogens is 2. The van der Waals surface area contributed by atoms with Gasteiger partial charge in [-0.3, -0.25) is 0 Å². The molecule has 1 saturated heterocycles. The van der Waals surface area contributed by atoms with Crippen LogP contribution in [0, 0.1) is 0 Å². The van der Waals surface area contributed by atoms with Crippen molar-refractivity contribution >= 4 is 11.6 Å². The molecule has 1 aromatic carbocycles. The van der Waals surface area contributed by atoms with Gasteiger partial charge in [0.2, 0.25) is 6.79 Å². The number of hydrogen-bond donors (Lipinski definition) is 2. The lowest BCUT2D eigenvalue weighted by Gasteiger charge is -2.12. The average Bonchev–Trinajstić information content (AvgIpc) is 3.29. The van der Waals surface area contributed by atoms with E-state index in [1.807, 2.05) is 24.3 Å². The first kappa shape index (κ1) is 15.0. The molecule has 2 N–H and O–H groups in total. The Balaban J connectivity index is 1.33. The number of ether oxygens (including phenoxy) is 3. The van der Waals surface area contributed by atoms with Crippen molar-refractivity contribution in [2.75, 3.05) is 30.6 Å². The van der Waals surface area contributed by atoms with Gasteiger partial charge in [-0.25, -0.2) is 9.97 Å².